The van der Waals surface area contributed by atoms with Gasteiger partial charge in [-0.2, -0.15) is 0 Å². The van der Waals surface area contributed by atoms with Crippen molar-refractivity contribution in [3.05, 3.63) is 83.2 Å². The van der Waals surface area contributed by atoms with Gasteiger partial charge in [0, 0.05) is 40.1 Å². The Bertz CT molecular complexity index is 1560. The highest BCUT2D eigenvalue weighted by Gasteiger charge is 2.16. The number of nitrogens with zero attached hydrogens (tertiary/aromatic N) is 3. The van der Waals surface area contributed by atoms with Gasteiger partial charge in [0.1, 0.15) is 5.82 Å². The molecule has 0 saturated carbocycles. The molecule has 12 heteroatoms. The van der Waals surface area contributed by atoms with Crippen molar-refractivity contribution in [2.24, 2.45) is 0 Å². The highest BCUT2D eigenvalue weighted by atomic mass is 32.2. The number of aromatic nitrogens is 3. The second kappa shape index (κ2) is 8.97. The van der Waals surface area contributed by atoms with Crippen molar-refractivity contribution in [2.75, 3.05) is 10.0 Å². The van der Waals surface area contributed by atoms with Gasteiger partial charge < -0.3 is 5.32 Å². The molecule has 0 aliphatic heterocycles. The van der Waals surface area contributed by atoms with E-state index < -0.39 is 10.0 Å². The molecule has 0 fully saturated rings. The van der Waals surface area contributed by atoms with E-state index in [1.807, 2.05) is 16.0 Å². The molecule has 0 atom stereocenters. The predicted molar refractivity (Wildman–Crippen MR) is 130 cm³/mol. The fourth-order valence-corrected chi connectivity index (χ4v) is 5.91. The summed E-state index contributed by atoms with van der Waals surface area (Å²) >= 11 is 2.59. The van der Waals surface area contributed by atoms with Crippen molar-refractivity contribution in [3.63, 3.8) is 0 Å². The number of imidazole rings is 1. The van der Waals surface area contributed by atoms with Gasteiger partial charge in [-0.15, -0.1) is 22.7 Å². The van der Waals surface area contributed by atoms with Crippen LogP contribution in [-0.4, -0.2) is 28.7 Å². The summed E-state index contributed by atoms with van der Waals surface area (Å²) in [5.74, 6) is -0.572. The van der Waals surface area contributed by atoms with Gasteiger partial charge in [-0.1, -0.05) is 0 Å². The molecule has 0 unspecified atom stereocenters. The molecule has 0 spiro atoms. The highest BCUT2D eigenvalue weighted by Crippen LogP contribution is 2.25. The zero-order chi connectivity index (χ0) is 23.7. The van der Waals surface area contributed by atoms with Crippen LogP contribution in [-0.2, 0) is 21.2 Å². The average Bonchev–Trinajstić information content (AvgIpc) is 3.54. The third kappa shape index (κ3) is 4.69. The molecule has 34 heavy (non-hydrogen) atoms. The van der Waals surface area contributed by atoms with Gasteiger partial charge in [0.25, 0.3) is 10.0 Å². The number of carbonyl (C=O) groups is 1. The molecule has 5 rings (SSSR count). The van der Waals surface area contributed by atoms with Crippen LogP contribution in [0.3, 0.4) is 0 Å². The van der Waals surface area contributed by atoms with E-state index in [2.05, 4.69) is 20.0 Å². The molecule has 0 saturated heterocycles. The van der Waals surface area contributed by atoms with E-state index in [9.17, 15) is 17.6 Å². The van der Waals surface area contributed by atoms with E-state index in [0.717, 1.165) is 16.2 Å². The zero-order valence-corrected chi connectivity index (χ0v) is 19.8. The maximum absolute atomic E-state index is 13.2. The lowest BCUT2D eigenvalue weighted by Crippen LogP contribution is -2.16. The first-order valence-electron chi connectivity index (χ1n) is 9.91. The molecule has 3 aromatic heterocycles. The molecule has 0 aliphatic carbocycles. The van der Waals surface area contributed by atoms with Gasteiger partial charge >= 0.3 is 0 Å². The number of fused-ring (bicyclic) bond motifs is 1. The average molecular weight is 514 g/mol. The van der Waals surface area contributed by atoms with Crippen LogP contribution >= 0.6 is 22.7 Å². The van der Waals surface area contributed by atoms with Crippen LogP contribution in [0.1, 0.15) is 5.69 Å². The first-order valence-corrected chi connectivity index (χ1v) is 13.2. The zero-order valence-electron chi connectivity index (χ0n) is 17.3. The molecule has 172 valence electrons. The number of amides is 1. The number of thiazole rings is 2. The predicted octanol–water partition coefficient (Wildman–Crippen LogP) is 4.64. The Morgan fingerprint density at radius 2 is 1.82 bits per heavy atom. The number of carbonyl (C=O) groups excluding carboxylic acids is 1. The van der Waals surface area contributed by atoms with Gasteiger partial charge in [0.15, 0.2) is 10.1 Å². The fraction of sp³-hybridized carbons (Fsp3) is 0.0455. The Morgan fingerprint density at radius 1 is 1.06 bits per heavy atom. The fourth-order valence-electron chi connectivity index (χ4n) is 3.25. The number of anilines is 2. The van der Waals surface area contributed by atoms with E-state index in [0.29, 0.717) is 11.4 Å². The van der Waals surface area contributed by atoms with Crippen molar-refractivity contribution in [2.45, 2.75) is 11.3 Å². The summed E-state index contributed by atoms with van der Waals surface area (Å²) in [6.07, 6.45) is 3.43. The maximum Gasteiger partial charge on any atom is 0.263 e. The third-order valence-corrected chi connectivity index (χ3v) is 7.93. The molecule has 2 aromatic carbocycles. The van der Waals surface area contributed by atoms with E-state index in [4.69, 9.17) is 0 Å². The van der Waals surface area contributed by atoms with Crippen LogP contribution in [0.2, 0.25) is 0 Å². The number of hydrogen-bond donors (Lipinski definition) is 2. The summed E-state index contributed by atoms with van der Waals surface area (Å²) < 4.78 is 42.3. The maximum atomic E-state index is 13.2. The van der Waals surface area contributed by atoms with Crippen LogP contribution in [0.25, 0.3) is 16.2 Å². The molecule has 5 aromatic rings. The van der Waals surface area contributed by atoms with Crippen LogP contribution in [0.4, 0.5) is 15.2 Å². The summed E-state index contributed by atoms with van der Waals surface area (Å²) in [6.45, 7) is 0. The first-order chi connectivity index (χ1) is 16.4. The summed E-state index contributed by atoms with van der Waals surface area (Å²) in [7, 11) is -3.76. The van der Waals surface area contributed by atoms with Crippen LogP contribution in [0.15, 0.2) is 76.6 Å². The minimum atomic E-state index is -3.76. The molecule has 0 aliphatic rings. The van der Waals surface area contributed by atoms with E-state index in [1.165, 1.54) is 65.3 Å². The number of hydrogen-bond acceptors (Lipinski definition) is 7. The van der Waals surface area contributed by atoms with E-state index >= 15 is 0 Å². The number of nitrogens with one attached hydrogen (secondary N) is 2. The Hall–Kier alpha value is -3.61. The van der Waals surface area contributed by atoms with Gasteiger partial charge in [0.2, 0.25) is 5.91 Å². The Balaban J connectivity index is 1.26. The van der Waals surface area contributed by atoms with Crippen LogP contribution in [0, 0.1) is 5.82 Å². The normalized spacial score (nSPS) is 11.6. The third-order valence-electron chi connectivity index (χ3n) is 4.87. The lowest BCUT2D eigenvalue weighted by Gasteiger charge is -2.08. The SMILES string of the molecule is O=C(Cc1csc2nc(-c3ccc(F)cc3)cn12)Nc1ccc(S(=O)(=O)Nc2nccs2)cc1. The molecule has 2 N–H and O–H groups in total. The van der Waals surface area contributed by atoms with Crippen molar-refractivity contribution in [1.82, 2.24) is 14.4 Å². The molecular formula is C22H16FN5O3S3. The van der Waals surface area contributed by atoms with Gasteiger partial charge in [-0.25, -0.2) is 22.8 Å². The molecule has 8 nitrogen and oxygen atoms in total. The lowest BCUT2D eigenvalue weighted by atomic mass is 10.2. The Morgan fingerprint density at radius 3 is 2.53 bits per heavy atom. The topological polar surface area (TPSA) is 105 Å². The van der Waals surface area contributed by atoms with Crippen molar-refractivity contribution < 1.29 is 17.6 Å². The van der Waals surface area contributed by atoms with Gasteiger partial charge in [-0.3, -0.25) is 13.9 Å². The van der Waals surface area contributed by atoms with Gasteiger partial charge in [0.05, 0.1) is 17.0 Å². The minimum absolute atomic E-state index is 0.0620. The summed E-state index contributed by atoms with van der Waals surface area (Å²) in [6, 6.07) is 12.0. The molecule has 0 bridgehead atoms. The van der Waals surface area contributed by atoms with Gasteiger partial charge in [-0.05, 0) is 48.5 Å². The minimum Gasteiger partial charge on any atom is -0.326 e. The van der Waals surface area contributed by atoms with Crippen molar-refractivity contribution >= 4 is 54.4 Å². The Kier molecular flexibility index (Phi) is 5.86. The molecule has 3 heterocycles. The quantitative estimate of drug-likeness (QED) is 0.330. The molecule has 0 radical (unpaired) electrons. The smallest absolute Gasteiger partial charge is 0.263 e. The largest absolute Gasteiger partial charge is 0.326 e. The highest BCUT2D eigenvalue weighted by molar-refractivity contribution is 7.93. The second-order valence-corrected chi connectivity index (χ2v) is 10.6. The van der Waals surface area contributed by atoms with Crippen LogP contribution < -0.4 is 10.0 Å². The standard InChI is InChI=1S/C22H16FN5O3S3/c23-15-3-1-14(2-4-15)19-12-28-17(13-33-22(28)26-19)11-20(29)25-16-5-7-18(8-6-16)34(30,31)27-21-24-9-10-32-21/h1-10,12-13H,11H2,(H,24,27)(H,25,29). The number of sulfonamides is 1. The van der Waals surface area contributed by atoms with E-state index in [1.54, 1.807) is 17.5 Å². The number of halogens is 1. The van der Waals surface area contributed by atoms with Crippen molar-refractivity contribution in [1.29, 1.82) is 0 Å². The lowest BCUT2D eigenvalue weighted by molar-refractivity contribution is -0.115. The summed E-state index contributed by atoms with van der Waals surface area (Å²) in [5, 5.41) is 6.59. The summed E-state index contributed by atoms with van der Waals surface area (Å²) in [5.41, 5.74) is 2.70. The second-order valence-electron chi connectivity index (χ2n) is 7.20. The Labute approximate surface area is 201 Å². The van der Waals surface area contributed by atoms with Crippen molar-refractivity contribution in [3.8, 4) is 11.3 Å². The van der Waals surface area contributed by atoms with Crippen LogP contribution in [0.5, 0.6) is 0 Å². The first kappa shape index (κ1) is 22.2. The molecular weight excluding hydrogens is 497 g/mol. The number of rotatable bonds is 7. The number of benzene rings is 2. The monoisotopic (exact) mass is 513 g/mol. The van der Waals surface area contributed by atoms with E-state index in [-0.39, 0.29) is 28.2 Å². The molecule has 1 amide bonds. The summed E-state index contributed by atoms with van der Waals surface area (Å²) in [4.78, 5) is 21.9.